The highest BCUT2D eigenvalue weighted by molar-refractivity contribution is 6.17. The van der Waals surface area contributed by atoms with Crippen LogP contribution >= 0.6 is 11.6 Å². The van der Waals surface area contributed by atoms with E-state index in [1.165, 1.54) is 64.6 Å². The van der Waals surface area contributed by atoms with Crippen LogP contribution in [0.15, 0.2) is 0 Å². The zero-order valence-corrected chi connectivity index (χ0v) is 10.5. The van der Waals surface area contributed by atoms with Crippen LogP contribution in [0.5, 0.6) is 0 Å². The molecule has 2 fully saturated rings. The van der Waals surface area contributed by atoms with Crippen LogP contribution in [-0.4, -0.2) is 30.4 Å². The topological polar surface area (TPSA) is 3.24 Å². The molecular formula is C13H24ClN. The summed E-state index contributed by atoms with van der Waals surface area (Å²) in [4.78, 5) is 2.73. The van der Waals surface area contributed by atoms with Crippen molar-refractivity contribution in [3.05, 3.63) is 0 Å². The molecule has 0 aliphatic heterocycles. The lowest BCUT2D eigenvalue weighted by atomic mass is 10.2. The van der Waals surface area contributed by atoms with Crippen LogP contribution in [0.1, 0.15) is 44.9 Å². The van der Waals surface area contributed by atoms with Crippen molar-refractivity contribution in [3.63, 3.8) is 0 Å². The van der Waals surface area contributed by atoms with Crippen molar-refractivity contribution >= 4 is 11.6 Å². The van der Waals surface area contributed by atoms with Gasteiger partial charge in [-0.2, -0.15) is 0 Å². The average molecular weight is 230 g/mol. The lowest BCUT2D eigenvalue weighted by molar-refractivity contribution is 0.247. The van der Waals surface area contributed by atoms with E-state index < -0.39 is 0 Å². The van der Waals surface area contributed by atoms with Crippen molar-refractivity contribution < 1.29 is 0 Å². The molecule has 0 radical (unpaired) electrons. The minimum absolute atomic E-state index is 0.839. The zero-order valence-electron chi connectivity index (χ0n) is 9.76. The summed E-state index contributed by atoms with van der Waals surface area (Å²) in [5.41, 5.74) is 0. The predicted octanol–water partition coefficient (Wildman–Crippen LogP) is 3.52. The van der Waals surface area contributed by atoms with Crippen LogP contribution in [0.3, 0.4) is 0 Å². The third-order valence-corrected chi connectivity index (χ3v) is 3.80. The zero-order chi connectivity index (χ0) is 10.5. The van der Waals surface area contributed by atoms with Gasteiger partial charge in [0.2, 0.25) is 0 Å². The van der Waals surface area contributed by atoms with Gasteiger partial charge >= 0.3 is 0 Å². The van der Waals surface area contributed by atoms with Crippen molar-refractivity contribution in [3.8, 4) is 0 Å². The second kappa shape index (κ2) is 6.10. The normalized spacial score (nSPS) is 21.2. The van der Waals surface area contributed by atoms with Gasteiger partial charge in [-0.3, -0.25) is 0 Å². The van der Waals surface area contributed by atoms with Gasteiger partial charge in [-0.05, 0) is 56.9 Å². The molecule has 0 N–H and O–H groups in total. The monoisotopic (exact) mass is 229 g/mol. The maximum Gasteiger partial charge on any atom is 0.0223 e. The first-order valence-electron chi connectivity index (χ1n) is 6.67. The van der Waals surface area contributed by atoms with Gasteiger partial charge < -0.3 is 4.90 Å². The van der Waals surface area contributed by atoms with Crippen LogP contribution in [-0.2, 0) is 0 Å². The molecule has 0 saturated heterocycles. The Balaban J connectivity index is 1.57. The summed E-state index contributed by atoms with van der Waals surface area (Å²) < 4.78 is 0. The van der Waals surface area contributed by atoms with E-state index in [1.54, 1.807) is 0 Å². The summed E-state index contributed by atoms with van der Waals surface area (Å²) in [6, 6.07) is 0. The first-order valence-corrected chi connectivity index (χ1v) is 7.20. The molecule has 2 aliphatic carbocycles. The quantitative estimate of drug-likeness (QED) is 0.432. The molecule has 2 heteroatoms. The smallest absolute Gasteiger partial charge is 0.0223 e. The van der Waals surface area contributed by atoms with Gasteiger partial charge in [0.1, 0.15) is 0 Å². The highest BCUT2D eigenvalue weighted by atomic mass is 35.5. The number of hydrogen-bond acceptors (Lipinski definition) is 1. The maximum atomic E-state index is 5.69. The Morgan fingerprint density at radius 1 is 0.867 bits per heavy atom. The summed E-state index contributed by atoms with van der Waals surface area (Å²) in [6.45, 7) is 4.10. The van der Waals surface area contributed by atoms with Crippen LogP contribution < -0.4 is 0 Å². The van der Waals surface area contributed by atoms with Gasteiger partial charge in [0.15, 0.2) is 0 Å². The highest BCUT2D eigenvalue weighted by Crippen LogP contribution is 2.33. The lowest BCUT2D eigenvalue weighted by Gasteiger charge is -2.21. The molecule has 0 aromatic rings. The van der Waals surface area contributed by atoms with Crippen molar-refractivity contribution in [1.29, 1.82) is 0 Å². The summed E-state index contributed by atoms with van der Waals surface area (Å²) >= 11 is 5.69. The van der Waals surface area contributed by atoms with E-state index in [0.717, 1.165) is 17.7 Å². The lowest BCUT2D eigenvalue weighted by Crippen LogP contribution is -2.29. The Morgan fingerprint density at radius 2 is 1.47 bits per heavy atom. The molecule has 15 heavy (non-hydrogen) atoms. The molecule has 2 saturated carbocycles. The average Bonchev–Trinajstić information content (AvgIpc) is 3.07. The van der Waals surface area contributed by atoms with E-state index in [2.05, 4.69) is 4.90 Å². The fourth-order valence-corrected chi connectivity index (χ4v) is 2.38. The number of hydrogen-bond donors (Lipinski definition) is 0. The molecule has 0 bridgehead atoms. The second-order valence-electron chi connectivity index (χ2n) is 5.40. The van der Waals surface area contributed by atoms with E-state index in [1.807, 2.05) is 0 Å². The summed E-state index contributed by atoms with van der Waals surface area (Å²) in [5.74, 6) is 2.94. The number of nitrogens with zero attached hydrogens (tertiary/aromatic N) is 1. The van der Waals surface area contributed by atoms with E-state index in [4.69, 9.17) is 11.6 Å². The summed E-state index contributed by atoms with van der Waals surface area (Å²) in [6.07, 6.45) is 9.82. The molecular weight excluding hydrogens is 206 g/mol. The van der Waals surface area contributed by atoms with E-state index >= 15 is 0 Å². The van der Waals surface area contributed by atoms with Gasteiger partial charge in [-0.1, -0.05) is 6.42 Å². The Labute approximate surface area is 99.2 Å². The number of halogens is 1. The second-order valence-corrected chi connectivity index (χ2v) is 5.77. The Bertz CT molecular complexity index is 161. The first-order chi connectivity index (χ1) is 7.38. The van der Waals surface area contributed by atoms with Gasteiger partial charge in [0.25, 0.3) is 0 Å². The van der Waals surface area contributed by atoms with Crippen molar-refractivity contribution in [1.82, 2.24) is 4.90 Å². The predicted molar refractivity (Wildman–Crippen MR) is 66.5 cm³/mol. The van der Waals surface area contributed by atoms with Gasteiger partial charge in [-0.25, -0.2) is 0 Å². The Hall–Kier alpha value is 0.250. The van der Waals surface area contributed by atoms with Crippen molar-refractivity contribution in [2.45, 2.75) is 44.9 Å². The fourth-order valence-electron chi connectivity index (χ4n) is 2.19. The molecule has 0 unspecified atom stereocenters. The van der Waals surface area contributed by atoms with Crippen LogP contribution in [0, 0.1) is 11.8 Å². The third kappa shape index (κ3) is 5.21. The molecule has 1 nitrogen and oxygen atoms in total. The molecule has 0 atom stereocenters. The maximum absolute atomic E-state index is 5.69. The van der Waals surface area contributed by atoms with Crippen molar-refractivity contribution in [2.75, 3.05) is 25.5 Å². The Morgan fingerprint density at radius 3 is 1.93 bits per heavy atom. The molecule has 2 aliphatic rings. The van der Waals surface area contributed by atoms with Gasteiger partial charge in [-0.15, -0.1) is 11.6 Å². The van der Waals surface area contributed by atoms with Gasteiger partial charge in [0, 0.05) is 19.0 Å². The van der Waals surface area contributed by atoms with Crippen molar-refractivity contribution in [2.24, 2.45) is 11.8 Å². The third-order valence-electron chi connectivity index (χ3n) is 3.53. The minimum atomic E-state index is 0.839. The molecule has 88 valence electrons. The van der Waals surface area contributed by atoms with Gasteiger partial charge in [0.05, 0.1) is 0 Å². The summed E-state index contributed by atoms with van der Waals surface area (Å²) in [7, 11) is 0. The number of rotatable bonds is 9. The van der Waals surface area contributed by atoms with E-state index in [-0.39, 0.29) is 0 Å². The highest BCUT2D eigenvalue weighted by Gasteiger charge is 2.28. The standard InChI is InChI=1S/C13H24ClN/c14-8-2-1-3-9-15(10-12-4-5-12)11-13-6-7-13/h12-13H,1-11H2. The first kappa shape index (κ1) is 11.7. The van der Waals surface area contributed by atoms with Crippen LogP contribution in [0.4, 0.5) is 0 Å². The SMILES string of the molecule is ClCCCCCN(CC1CC1)CC1CC1. The fraction of sp³-hybridized carbons (Fsp3) is 1.00. The minimum Gasteiger partial charge on any atom is -0.303 e. The Kier molecular flexibility index (Phi) is 4.77. The van der Waals surface area contributed by atoms with E-state index in [0.29, 0.717) is 0 Å². The van der Waals surface area contributed by atoms with Crippen LogP contribution in [0.25, 0.3) is 0 Å². The van der Waals surface area contributed by atoms with E-state index in [9.17, 15) is 0 Å². The molecule has 2 rings (SSSR count). The summed E-state index contributed by atoms with van der Waals surface area (Å²) in [5, 5.41) is 0. The molecule has 0 amide bonds. The number of unbranched alkanes of at least 4 members (excludes halogenated alkanes) is 2. The largest absolute Gasteiger partial charge is 0.303 e. The molecule has 0 aromatic carbocycles. The molecule has 0 aromatic heterocycles. The number of alkyl halides is 1. The molecule has 0 spiro atoms. The molecule has 0 heterocycles. The van der Waals surface area contributed by atoms with Crippen LogP contribution in [0.2, 0.25) is 0 Å².